The molecule has 1 fully saturated rings. The van der Waals surface area contributed by atoms with Crippen molar-refractivity contribution in [3.63, 3.8) is 0 Å². The van der Waals surface area contributed by atoms with Crippen molar-refractivity contribution in [2.75, 3.05) is 5.32 Å². The summed E-state index contributed by atoms with van der Waals surface area (Å²) in [6.45, 7) is 0. The lowest BCUT2D eigenvalue weighted by Crippen LogP contribution is -2.37. The van der Waals surface area contributed by atoms with Crippen LogP contribution in [0.2, 0.25) is 5.02 Å². The molecule has 0 unspecified atom stereocenters. The van der Waals surface area contributed by atoms with Crippen molar-refractivity contribution in [2.24, 2.45) is 0 Å². The number of carbonyl (C=O) groups is 1. The van der Waals surface area contributed by atoms with Gasteiger partial charge in [0.05, 0.1) is 5.41 Å². The number of nitrogens with zero attached hydrogens (tertiary/aromatic N) is 1. The Balaban J connectivity index is 1.91. The minimum absolute atomic E-state index is 0.0484. The molecule has 1 aromatic carbocycles. The summed E-state index contributed by atoms with van der Waals surface area (Å²) in [6.07, 6.45) is 5.61. The van der Waals surface area contributed by atoms with Gasteiger partial charge in [-0.15, -0.1) is 11.3 Å². The lowest BCUT2D eigenvalue weighted by atomic mass is 9.78. The zero-order chi connectivity index (χ0) is 14.0. The first-order chi connectivity index (χ1) is 9.71. The Morgan fingerprint density at radius 3 is 2.55 bits per heavy atom. The van der Waals surface area contributed by atoms with Crippen molar-refractivity contribution in [1.29, 1.82) is 0 Å². The Morgan fingerprint density at radius 2 is 1.95 bits per heavy atom. The molecule has 3 nitrogen and oxygen atoms in total. The minimum Gasteiger partial charge on any atom is -0.301 e. The van der Waals surface area contributed by atoms with Crippen molar-refractivity contribution >= 4 is 34.0 Å². The van der Waals surface area contributed by atoms with Gasteiger partial charge in [0.15, 0.2) is 5.13 Å². The number of amides is 1. The molecule has 0 saturated heterocycles. The van der Waals surface area contributed by atoms with E-state index in [1.54, 1.807) is 6.20 Å². The summed E-state index contributed by atoms with van der Waals surface area (Å²) in [7, 11) is 0. The second-order valence-corrected chi connectivity index (χ2v) is 6.42. The molecule has 5 heteroatoms. The first-order valence-corrected chi connectivity index (χ1v) is 7.93. The summed E-state index contributed by atoms with van der Waals surface area (Å²) < 4.78 is 0. The van der Waals surface area contributed by atoms with Gasteiger partial charge in [-0.25, -0.2) is 4.98 Å². The Labute approximate surface area is 127 Å². The van der Waals surface area contributed by atoms with Gasteiger partial charge in [0.25, 0.3) is 0 Å². The maximum atomic E-state index is 12.7. The molecule has 0 spiro atoms. The third-order valence-corrected chi connectivity index (χ3v) is 4.88. The molecule has 20 heavy (non-hydrogen) atoms. The van der Waals surface area contributed by atoms with Gasteiger partial charge in [-0.1, -0.05) is 36.6 Å². The molecule has 0 bridgehead atoms. The van der Waals surface area contributed by atoms with Crippen LogP contribution >= 0.6 is 22.9 Å². The molecular formula is C15H15ClN2OS. The number of aromatic nitrogens is 1. The van der Waals surface area contributed by atoms with E-state index < -0.39 is 5.41 Å². The number of nitrogens with one attached hydrogen (secondary N) is 1. The highest BCUT2D eigenvalue weighted by atomic mass is 35.5. The molecule has 104 valence electrons. The molecule has 0 atom stereocenters. The number of carbonyl (C=O) groups excluding carboxylic acids is 1. The van der Waals surface area contributed by atoms with Crippen molar-refractivity contribution in [3.8, 4) is 0 Å². The quantitative estimate of drug-likeness (QED) is 0.921. The normalized spacial score (nSPS) is 17.1. The van der Waals surface area contributed by atoms with E-state index in [-0.39, 0.29) is 5.91 Å². The second kappa shape index (κ2) is 5.54. The third kappa shape index (κ3) is 2.45. The molecule has 1 saturated carbocycles. The maximum absolute atomic E-state index is 12.7. The van der Waals surface area contributed by atoms with E-state index in [1.165, 1.54) is 11.3 Å². The van der Waals surface area contributed by atoms with E-state index in [9.17, 15) is 4.79 Å². The lowest BCUT2D eigenvalue weighted by Gasteiger charge is -2.27. The van der Waals surface area contributed by atoms with E-state index in [4.69, 9.17) is 11.6 Å². The molecule has 0 aliphatic heterocycles. The molecule has 1 amide bonds. The molecule has 1 aliphatic carbocycles. The maximum Gasteiger partial charge on any atom is 0.236 e. The highest BCUT2D eigenvalue weighted by molar-refractivity contribution is 7.13. The van der Waals surface area contributed by atoms with Crippen LogP contribution in [0.15, 0.2) is 35.8 Å². The van der Waals surface area contributed by atoms with Crippen LogP contribution < -0.4 is 5.32 Å². The van der Waals surface area contributed by atoms with Crippen LogP contribution in [0.4, 0.5) is 5.13 Å². The smallest absolute Gasteiger partial charge is 0.236 e. The van der Waals surface area contributed by atoms with E-state index in [0.717, 1.165) is 31.2 Å². The highest BCUT2D eigenvalue weighted by Gasteiger charge is 2.42. The van der Waals surface area contributed by atoms with Crippen LogP contribution in [-0.2, 0) is 10.2 Å². The van der Waals surface area contributed by atoms with Gasteiger partial charge in [-0.3, -0.25) is 4.79 Å². The number of rotatable bonds is 3. The fourth-order valence-corrected chi connectivity index (χ4v) is 3.55. The summed E-state index contributed by atoms with van der Waals surface area (Å²) in [5.74, 6) is 0.0484. The van der Waals surface area contributed by atoms with Crippen LogP contribution in [0, 0.1) is 0 Å². The second-order valence-electron chi connectivity index (χ2n) is 5.09. The van der Waals surface area contributed by atoms with Gasteiger partial charge in [0.2, 0.25) is 5.91 Å². The Bertz CT molecular complexity index is 589. The summed E-state index contributed by atoms with van der Waals surface area (Å²) in [6, 6.07) is 7.64. The van der Waals surface area contributed by atoms with Crippen molar-refractivity contribution < 1.29 is 4.79 Å². The van der Waals surface area contributed by atoms with Gasteiger partial charge in [0.1, 0.15) is 0 Å². The Hall–Kier alpha value is -1.39. The number of thiazole rings is 1. The first-order valence-electron chi connectivity index (χ1n) is 6.68. The van der Waals surface area contributed by atoms with Crippen LogP contribution in [0.1, 0.15) is 31.2 Å². The van der Waals surface area contributed by atoms with E-state index in [1.807, 2.05) is 29.6 Å². The van der Waals surface area contributed by atoms with E-state index >= 15 is 0 Å². The van der Waals surface area contributed by atoms with Crippen molar-refractivity contribution in [1.82, 2.24) is 4.98 Å². The van der Waals surface area contributed by atoms with E-state index in [0.29, 0.717) is 10.2 Å². The number of benzene rings is 1. The molecule has 1 heterocycles. The van der Waals surface area contributed by atoms with Crippen LogP contribution in [0.25, 0.3) is 0 Å². The molecule has 0 radical (unpaired) electrons. The predicted octanol–water partition coefficient (Wildman–Crippen LogP) is 4.25. The zero-order valence-corrected chi connectivity index (χ0v) is 12.5. The highest BCUT2D eigenvalue weighted by Crippen LogP contribution is 2.42. The first kappa shape index (κ1) is 13.6. The van der Waals surface area contributed by atoms with Crippen molar-refractivity contribution in [2.45, 2.75) is 31.1 Å². The molecule has 2 aromatic rings. The van der Waals surface area contributed by atoms with Gasteiger partial charge < -0.3 is 5.32 Å². The topological polar surface area (TPSA) is 42.0 Å². The van der Waals surface area contributed by atoms with Crippen LogP contribution in [0.5, 0.6) is 0 Å². The molecule has 3 rings (SSSR count). The van der Waals surface area contributed by atoms with Crippen molar-refractivity contribution in [3.05, 3.63) is 46.4 Å². The Morgan fingerprint density at radius 1 is 1.25 bits per heavy atom. The number of hydrogen-bond acceptors (Lipinski definition) is 3. The van der Waals surface area contributed by atoms with Gasteiger partial charge in [-0.05, 0) is 30.5 Å². The summed E-state index contributed by atoms with van der Waals surface area (Å²) in [4.78, 5) is 16.9. The fraction of sp³-hybridized carbons (Fsp3) is 0.333. The summed E-state index contributed by atoms with van der Waals surface area (Å²) >= 11 is 7.39. The van der Waals surface area contributed by atoms with Crippen LogP contribution in [-0.4, -0.2) is 10.9 Å². The van der Waals surface area contributed by atoms with Gasteiger partial charge >= 0.3 is 0 Å². The minimum atomic E-state index is -0.434. The largest absolute Gasteiger partial charge is 0.301 e. The van der Waals surface area contributed by atoms with Gasteiger partial charge in [0, 0.05) is 16.6 Å². The summed E-state index contributed by atoms with van der Waals surface area (Å²) in [5.41, 5.74) is 0.615. The van der Waals surface area contributed by atoms with E-state index in [2.05, 4.69) is 10.3 Å². The zero-order valence-electron chi connectivity index (χ0n) is 10.9. The van der Waals surface area contributed by atoms with Gasteiger partial charge in [-0.2, -0.15) is 0 Å². The summed E-state index contributed by atoms with van der Waals surface area (Å²) in [5, 5.41) is 6.17. The average molecular weight is 307 g/mol. The Kier molecular flexibility index (Phi) is 3.76. The monoisotopic (exact) mass is 306 g/mol. The number of anilines is 1. The number of halogens is 1. The third-order valence-electron chi connectivity index (χ3n) is 3.94. The van der Waals surface area contributed by atoms with Crippen LogP contribution in [0.3, 0.4) is 0 Å². The predicted molar refractivity (Wildman–Crippen MR) is 82.3 cm³/mol. The number of hydrogen-bond donors (Lipinski definition) is 1. The SMILES string of the molecule is O=C(Nc1nccs1)C1(c2ccc(Cl)cc2)CCCC1. The lowest BCUT2D eigenvalue weighted by molar-refractivity contribution is -0.121. The fourth-order valence-electron chi connectivity index (χ4n) is 2.90. The average Bonchev–Trinajstić information content (AvgIpc) is 3.10. The molecule has 1 N–H and O–H groups in total. The molecular weight excluding hydrogens is 292 g/mol. The standard InChI is InChI=1S/C15H15ClN2OS/c16-12-5-3-11(4-6-12)15(7-1-2-8-15)13(19)18-14-17-9-10-20-14/h3-6,9-10H,1-2,7-8H2,(H,17,18,19). The molecule has 1 aliphatic rings. The molecule has 1 aromatic heterocycles.